The lowest BCUT2D eigenvalue weighted by Gasteiger charge is -2.18. The van der Waals surface area contributed by atoms with E-state index in [1.165, 1.54) is 18.2 Å². The summed E-state index contributed by atoms with van der Waals surface area (Å²) in [7, 11) is -3.91. The van der Waals surface area contributed by atoms with Crippen molar-refractivity contribution in [3.8, 4) is 0 Å². The third kappa shape index (κ3) is 3.50. The molecule has 138 valence electrons. The number of para-hydroxylation sites is 1. The molecule has 0 saturated heterocycles. The van der Waals surface area contributed by atoms with Crippen molar-refractivity contribution in [1.82, 2.24) is 0 Å². The summed E-state index contributed by atoms with van der Waals surface area (Å²) in [6.07, 6.45) is 1.48. The van der Waals surface area contributed by atoms with Gasteiger partial charge in [-0.3, -0.25) is 4.79 Å². The zero-order valence-corrected chi connectivity index (χ0v) is 15.6. The minimum Gasteiger partial charge on any atom is -0.352 e. The summed E-state index contributed by atoms with van der Waals surface area (Å²) in [5, 5.41) is 3.06. The van der Waals surface area contributed by atoms with Crippen LogP contribution in [0.4, 0.5) is 5.69 Å². The van der Waals surface area contributed by atoms with Crippen LogP contribution in [-0.4, -0.2) is 19.9 Å². The largest absolute Gasteiger partial charge is 0.352 e. The molecule has 0 aromatic heterocycles. The minimum atomic E-state index is -3.91. The summed E-state index contributed by atoms with van der Waals surface area (Å²) in [6, 6.07) is 24.1. The van der Waals surface area contributed by atoms with Crippen LogP contribution in [0, 0.1) is 0 Å². The molecule has 0 saturated carbocycles. The molecule has 0 aliphatic heterocycles. The van der Waals surface area contributed by atoms with Gasteiger partial charge < -0.3 is 5.32 Å². The summed E-state index contributed by atoms with van der Waals surface area (Å²) < 4.78 is 29.5. The molecule has 6 heteroatoms. The summed E-state index contributed by atoms with van der Waals surface area (Å²) in [5.41, 5.74) is 2.12. The Morgan fingerprint density at radius 2 is 1.29 bits per heavy atom. The Morgan fingerprint density at radius 1 is 0.714 bits per heavy atom. The average molecular weight is 388 g/mol. The molecule has 0 unspecified atom stereocenters. The molecule has 0 heterocycles. The van der Waals surface area contributed by atoms with Gasteiger partial charge in [0.25, 0.3) is 10.0 Å². The molecule has 0 amide bonds. The molecule has 0 radical (unpaired) electrons. The number of allylic oxidation sites excluding steroid dienone is 2. The van der Waals surface area contributed by atoms with Crippen molar-refractivity contribution in [3.05, 3.63) is 108 Å². The number of carbonyl (C=O) groups excluding carboxylic acids is 1. The van der Waals surface area contributed by atoms with Gasteiger partial charge >= 0.3 is 0 Å². The Labute approximate surface area is 163 Å². The SMILES string of the molecule is O=C1C(Nc2ccccc2)=CC(=NS(=O)(=O)c2ccccc2)c2ccccc21. The van der Waals surface area contributed by atoms with Crippen molar-refractivity contribution in [2.24, 2.45) is 4.40 Å². The van der Waals surface area contributed by atoms with Gasteiger partial charge in [-0.05, 0) is 30.3 Å². The highest BCUT2D eigenvalue weighted by Crippen LogP contribution is 2.25. The van der Waals surface area contributed by atoms with Gasteiger partial charge in [-0.15, -0.1) is 0 Å². The average Bonchev–Trinajstić information content (AvgIpc) is 2.73. The molecule has 1 aliphatic carbocycles. The Balaban J connectivity index is 1.83. The number of carbonyl (C=O) groups is 1. The maximum absolute atomic E-state index is 12.9. The van der Waals surface area contributed by atoms with Crippen LogP contribution in [0.5, 0.6) is 0 Å². The van der Waals surface area contributed by atoms with E-state index in [0.29, 0.717) is 11.1 Å². The fourth-order valence-corrected chi connectivity index (χ4v) is 3.97. The number of hydrogen-bond donors (Lipinski definition) is 1. The van der Waals surface area contributed by atoms with E-state index < -0.39 is 10.0 Å². The van der Waals surface area contributed by atoms with Gasteiger partial charge in [-0.25, -0.2) is 0 Å². The molecule has 0 atom stereocenters. The van der Waals surface area contributed by atoms with Gasteiger partial charge in [-0.2, -0.15) is 12.8 Å². The van der Waals surface area contributed by atoms with Crippen molar-refractivity contribution in [3.63, 3.8) is 0 Å². The van der Waals surface area contributed by atoms with Crippen LogP contribution in [0.3, 0.4) is 0 Å². The fraction of sp³-hybridized carbons (Fsp3) is 0. The molecule has 3 aromatic rings. The van der Waals surface area contributed by atoms with Gasteiger partial charge in [0.05, 0.1) is 16.3 Å². The second-order valence-corrected chi connectivity index (χ2v) is 7.79. The summed E-state index contributed by atoms with van der Waals surface area (Å²) in [4.78, 5) is 13.0. The van der Waals surface area contributed by atoms with Crippen LogP contribution in [0.15, 0.2) is 106 Å². The lowest BCUT2D eigenvalue weighted by Crippen LogP contribution is -2.22. The summed E-state index contributed by atoms with van der Waals surface area (Å²) in [5.74, 6) is -0.212. The maximum atomic E-state index is 12.9. The first-order chi connectivity index (χ1) is 13.5. The zero-order valence-electron chi connectivity index (χ0n) is 14.7. The standard InChI is InChI=1S/C22H16N2O3S/c25-22-19-14-8-7-13-18(19)20(15-21(22)23-16-9-3-1-4-10-16)24-28(26,27)17-11-5-2-6-12-17/h1-15,23H. The molecule has 28 heavy (non-hydrogen) atoms. The lowest BCUT2D eigenvalue weighted by atomic mass is 9.92. The number of hydrogen-bond acceptors (Lipinski definition) is 4. The molecule has 3 aromatic carbocycles. The van der Waals surface area contributed by atoms with Crippen LogP contribution >= 0.6 is 0 Å². The highest BCUT2D eigenvalue weighted by atomic mass is 32.2. The molecule has 0 bridgehead atoms. The lowest BCUT2D eigenvalue weighted by molar-refractivity contribution is 0.103. The fourth-order valence-electron chi connectivity index (χ4n) is 2.95. The van der Waals surface area contributed by atoms with Crippen LogP contribution in [0.1, 0.15) is 15.9 Å². The second-order valence-electron chi connectivity index (χ2n) is 6.19. The summed E-state index contributed by atoms with van der Waals surface area (Å²) >= 11 is 0. The first-order valence-electron chi connectivity index (χ1n) is 8.62. The van der Waals surface area contributed by atoms with E-state index in [1.807, 2.05) is 30.3 Å². The Morgan fingerprint density at radius 3 is 1.96 bits per heavy atom. The van der Waals surface area contributed by atoms with Gasteiger partial charge in [-0.1, -0.05) is 60.7 Å². The number of ketones is 1. The predicted molar refractivity (Wildman–Crippen MR) is 109 cm³/mol. The molecular formula is C22H16N2O3S. The van der Waals surface area contributed by atoms with Crippen molar-refractivity contribution in [2.45, 2.75) is 4.90 Å². The number of anilines is 1. The Bertz CT molecular complexity index is 1200. The van der Waals surface area contributed by atoms with E-state index >= 15 is 0 Å². The van der Waals surface area contributed by atoms with Crippen molar-refractivity contribution >= 4 is 27.2 Å². The number of sulfonamides is 1. The van der Waals surface area contributed by atoms with Crippen LogP contribution in [0.2, 0.25) is 0 Å². The molecular weight excluding hydrogens is 372 g/mol. The van der Waals surface area contributed by atoms with E-state index in [-0.39, 0.29) is 22.1 Å². The number of fused-ring (bicyclic) bond motifs is 1. The van der Waals surface area contributed by atoms with Crippen LogP contribution < -0.4 is 5.32 Å². The predicted octanol–water partition coefficient (Wildman–Crippen LogP) is 4.06. The maximum Gasteiger partial charge on any atom is 0.282 e. The first-order valence-corrected chi connectivity index (χ1v) is 10.1. The highest BCUT2D eigenvalue weighted by Gasteiger charge is 2.26. The first kappa shape index (κ1) is 17.9. The normalized spacial score (nSPS) is 15.1. The Hall–Kier alpha value is -3.51. The Kier molecular flexibility index (Phi) is 4.63. The van der Waals surface area contributed by atoms with E-state index in [4.69, 9.17) is 0 Å². The van der Waals surface area contributed by atoms with Crippen LogP contribution in [0.25, 0.3) is 0 Å². The number of rotatable bonds is 4. The van der Waals surface area contributed by atoms with E-state index in [2.05, 4.69) is 9.71 Å². The molecule has 1 aliphatic rings. The van der Waals surface area contributed by atoms with Crippen molar-refractivity contribution in [1.29, 1.82) is 0 Å². The van der Waals surface area contributed by atoms with Gasteiger partial charge in [0, 0.05) is 16.8 Å². The summed E-state index contributed by atoms with van der Waals surface area (Å²) in [6.45, 7) is 0. The molecule has 0 spiro atoms. The number of Topliss-reactive ketones (excluding diaryl/α,β-unsaturated/α-hetero) is 1. The smallest absolute Gasteiger partial charge is 0.282 e. The number of nitrogens with one attached hydrogen (secondary N) is 1. The molecule has 4 rings (SSSR count). The van der Waals surface area contributed by atoms with Crippen LogP contribution in [-0.2, 0) is 10.0 Å². The van der Waals surface area contributed by atoms with Gasteiger partial charge in [0.2, 0.25) is 5.78 Å². The molecule has 0 fully saturated rings. The molecule has 5 nitrogen and oxygen atoms in total. The van der Waals surface area contributed by atoms with Gasteiger partial charge in [0.1, 0.15) is 0 Å². The van der Waals surface area contributed by atoms with E-state index in [9.17, 15) is 13.2 Å². The minimum absolute atomic E-state index is 0.0999. The quantitative estimate of drug-likeness (QED) is 0.731. The molecule has 1 N–H and O–H groups in total. The monoisotopic (exact) mass is 388 g/mol. The van der Waals surface area contributed by atoms with E-state index in [0.717, 1.165) is 5.69 Å². The van der Waals surface area contributed by atoms with E-state index in [1.54, 1.807) is 42.5 Å². The number of benzene rings is 3. The van der Waals surface area contributed by atoms with Crippen molar-refractivity contribution in [2.75, 3.05) is 5.32 Å². The topological polar surface area (TPSA) is 75.6 Å². The third-order valence-corrected chi connectivity index (χ3v) is 5.59. The highest BCUT2D eigenvalue weighted by molar-refractivity contribution is 7.90. The third-order valence-electron chi connectivity index (χ3n) is 4.29. The number of nitrogens with zero attached hydrogens (tertiary/aromatic N) is 1. The van der Waals surface area contributed by atoms with Crippen molar-refractivity contribution < 1.29 is 13.2 Å². The zero-order chi connectivity index (χ0) is 19.6. The van der Waals surface area contributed by atoms with Gasteiger partial charge in [0.15, 0.2) is 0 Å². The second kappa shape index (κ2) is 7.25.